The standard InChI is InChI=1S/C34H26N2O4/c1-23(2)34(37)40-21-9-20-39-33-18-7-13-26-27(11-5-15-30(26)33)31(22-36)28(16-8-19-35)24-10-4-14-29-25(24)12-6-17-32(29)38-3/h4-7,10-15,17-18H,1,9,20-21H2,2-3H3/b31-28+. The van der Waals surface area contributed by atoms with Gasteiger partial charge in [-0.2, -0.15) is 10.5 Å². The second-order valence-electron chi connectivity index (χ2n) is 8.86. The zero-order valence-corrected chi connectivity index (χ0v) is 22.3. The third kappa shape index (κ3) is 5.81. The lowest BCUT2D eigenvalue weighted by Crippen LogP contribution is -2.09. The molecule has 0 heterocycles. The van der Waals surface area contributed by atoms with E-state index < -0.39 is 5.97 Å². The van der Waals surface area contributed by atoms with E-state index in [1.807, 2.05) is 78.9 Å². The Balaban J connectivity index is 1.80. The van der Waals surface area contributed by atoms with E-state index in [0.717, 1.165) is 27.1 Å². The predicted molar refractivity (Wildman–Crippen MR) is 156 cm³/mol. The average molecular weight is 527 g/mol. The van der Waals surface area contributed by atoms with Gasteiger partial charge in [0.1, 0.15) is 17.6 Å². The van der Waals surface area contributed by atoms with Crippen LogP contribution in [0, 0.1) is 34.5 Å². The maximum Gasteiger partial charge on any atom is 0.333 e. The lowest BCUT2D eigenvalue weighted by molar-refractivity contribution is -0.139. The van der Waals surface area contributed by atoms with E-state index in [0.29, 0.717) is 46.8 Å². The molecular formula is C34H26N2O4. The van der Waals surface area contributed by atoms with E-state index in [2.05, 4.69) is 24.5 Å². The SMILES string of the molecule is C=C(C)C(=O)OCCCOc1cccc2c(/C(C#N)=C(\C#CC#N)c3cccc4c(OC)cccc34)cccc12. The highest BCUT2D eigenvalue weighted by Gasteiger charge is 2.17. The van der Waals surface area contributed by atoms with Crippen molar-refractivity contribution in [3.8, 4) is 35.5 Å². The van der Waals surface area contributed by atoms with Gasteiger partial charge in [-0.15, -0.1) is 0 Å². The van der Waals surface area contributed by atoms with Gasteiger partial charge in [-0.1, -0.05) is 67.2 Å². The van der Waals surface area contributed by atoms with E-state index in [1.165, 1.54) is 0 Å². The van der Waals surface area contributed by atoms with Crippen molar-refractivity contribution in [1.82, 2.24) is 0 Å². The number of nitriles is 2. The quantitative estimate of drug-likeness (QED) is 0.0591. The molecule has 0 aromatic heterocycles. The number of carbonyl (C=O) groups excluding carboxylic acids is 1. The van der Waals surface area contributed by atoms with E-state index in [4.69, 9.17) is 14.2 Å². The zero-order valence-electron chi connectivity index (χ0n) is 22.3. The number of methoxy groups -OCH3 is 1. The topological polar surface area (TPSA) is 92.3 Å². The van der Waals surface area contributed by atoms with Crippen LogP contribution in [0.4, 0.5) is 0 Å². The first-order chi connectivity index (χ1) is 19.5. The summed E-state index contributed by atoms with van der Waals surface area (Å²) >= 11 is 0. The van der Waals surface area contributed by atoms with Crippen LogP contribution in [-0.4, -0.2) is 26.3 Å². The molecule has 0 aliphatic carbocycles. The predicted octanol–water partition coefficient (Wildman–Crippen LogP) is 6.85. The van der Waals surface area contributed by atoms with Crippen molar-refractivity contribution in [3.63, 3.8) is 0 Å². The molecule has 0 N–H and O–H groups in total. The number of fused-ring (bicyclic) bond motifs is 2. The van der Waals surface area contributed by atoms with Crippen molar-refractivity contribution in [1.29, 1.82) is 10.5 Å². The summed E-state index contributed by atoms with van der Waals surface area (Å²) in [5.74, 6) is 6.34. The van der Waals surface area contributed by atoms with Crippen molar-refractivity contribution in [2.75, 3.05) is 20.3 Å². The molecule has 6 nitrogen and oxygen atoms in total. The van der Waals surface area contributed by atoms with Gasteiger partial charge in [0.25, 0.3) is 0 Å². The second kappa shape index (κ2) is 12.8. The summed E-state index contributed by atoms with van der Waals surface area (Å²) in [6, 6.07) is 26.9. The summed E-state index contributed by atoms with van der Waals surface area (Å²) in [4.78, 5) is 11.6. The van der Waals surface area contributed by atoms with Gasteiger partial charge >= 0.3 is 5.97 Å². The Morgan fingerprint density at radius 1 is 0.800 bits per heavy atom. The lowest BCUT2D eigenvalue weighted by atomic mass is 9.89. The Labute approximate surface area is 233 Å². The molecule has 0 fully saturated rings. The molecule has 0 radical (unpaired) electrons. The molecule has 0 bridgehead atoms. The molecule has 0 atom stereocenters. The summed E-state index contributed by atoms with van der Waals surface area (Å²) in [7, 11) is 1.61. The van der Waals surface area contributed by atoms with Gasteiger partial charge in [0.15, 0.2) is 6.07 Å². The van der Waals surface area contributed by atoms with Gasteiger partial charge in [-0.3, -0.25) is 0 Å². The van der Waals surface area contributed by atoms with Crippen LogP contribution in [0.25, 0.3) is 32.7 Å². The summed E-state index contributed by atoms with van der Waals surface area (Å²) in [6.45, 7) is 5.74. The second-order valence-corrected chi connectivity index (χ2v) is 8.86. The van der Waals surface area contributed by atoms with Crippen LogP contribution in [-0.2, 0) is 9.53 Å². The highest BCUT2D eigenvalue weighted by atomic mass is 16.5. The smallest absolute Gasteiger partial charge is 0.333 e. The number of allylic oxidation sites excluding steroid dienone is 2. The van der Waals surface area contributed by atoms with Crippen molar-refractivity contribution < 1.29 is 19.0 Å². The number of hydrogen-bond acceptors (Lipinski definition) is 6. The van der Waals surface area contributed by atoms with Crippen LogP contribution in [0.3, 0.4) is 0 Å². The molecule has 4 aromatic rings. The first-order valence-electron chi connectivity index (χ1n) is 12.6. The van der Waals surface area contributed by atoms with Crippen molar-refractivity contribution in [2.24, 2.45) is 0 Å². The number of benzene rings is 4. The molecule has 196 valence electrons. The fraction of sp³-hybridized carbons (Fsp3) is 0.147. The van der Waals surface area contributed by atoms with Crippen molar-refractivity contribution in [2.45, 2.75) is 13.3 Å². The molecule has 4 rings (SSSR count). The lowest BCUT2D eigenvalue weighted by Gasteiger charge is -2.14. The third-order valence-electron chi connectivity index (χ3n) is 6.26. The molecule has 0 unspecified atom stereocenters. The summed E-state index contributed by atoms with van der Waals surface area (Å²) < 4.78 is 16.7. The van der Waals surface area contributed by atoms with Crippen molar-refractivity contribution in [3.05, 3.63) is 96.1 Å². The normalized spacial score (nSPS) is 10.9. The van der Waals surface area contributed by atoms with Gasteiger partial charge in [0.2, 0.25) is 0 Å². The van der Waals surface area contributed by atoms with E-state index in [9.17, 15) is 15.3 Å². The first kappa shape index (κ1) is 27.5. The molecule has 0 saturated carbocycles. The summed E-state index contributed by atoms with van der Waals surface area (Å²) in [5, 5.41) is 23.1. The van der Waals surface area contributed by atoms with Gasteiger partial charge in [0, 0.05) is 34.3 Å². The van der Waals surface area contributed by atoms with Crippen LogP contribution in [0.2, 0.25) is 0 Å². The van der Waals surface area contributed by atoms with Crippen molar-refractivity contribution >= 4 is 38.7 Å². The Morgan fingerprint density at radius 3 is 1.98 bits per heavy atom. The fourth-order valence-electron chi connectivity index (χ4n) is 4.44. The number of carbonyl (C=O) groups is 1. The van der Waals surface area contributed by atoms with Crippen LogP contribution in [0.5, 0.6) is 11.5 Å². The minimum atomic E-state index is -0.425. The molecule has 6 heteroatoms. The Bertz CT molecular complexity index is 1790. The molecule has 0 amide bonds. The minimum absolute atomic E-state index is 0.222. The van der Waals surface area contributed by atoms with E-state index >= 15 is 0 Å². The maximum atomic E-state index is 11.6. The number of nitrogens with zero attached hydrogens (tertiary/aromatic N) is 2. The average Bonchev–Trinajstić information content (AvgIpc) is 2.98. The molecule has 0 aliphatic heterocycles. The highest BCUT2D eigenvalue weighted by Crippen LogP contribution is 2.37. The largest absolute Gasteiger partial charge is 0.496 e. The Morgan fingerprint density at radius 2 is 1.38 bits per heavy atom. The van der Waals surface area contributed by atoms with E-state index in [1.54, 1.807) is 14.0 Å². The molecular weight excluding hydrogens is 500 g/mol. The highest BCUT2D eigenvalue weighted by molar-refractivity contribution is 6.14. The summed E-state index contributed by atoms with van der Waals surface area (Å²) in [5.41, 5.74) is 2.53. The molecule has 0 saturated heterocycles. The maximum absolute atomic E-state index is 11.6. The van der Waals surface area contributed by atoms with Gasteiger partial charge in [-0.25, -0.2) is 4.79 Å². The zero-order chi connectivity index (χ0) is 28.5. The van der Waals surface area contributed by atoms with Crippen LogP contribution >= 0.6 is 0 Å². The van der Waals surface area contributed by atoms with Crippen LogP contribution < -0.4 is 9.47 Å². The minimum Gasteiger partial charge on any atom is -0.496 e. The fourth-order valence-corrected chi connectivity index (χ4v) is 4.44. The van der Waals surface area contributed by atoms with Crippen LogP contribution in [0.1, 0.15) is 24.5 Å². The number of hydrogen-bond donors (Lipinski definition) is 0. The Kier molecular flexibility index (Phi) is 8.83. The number of esters is 1. The number of rotatable bonds is 9. The summed E-state index contributed by atoms with van der Waals surface area (Å²) in [6.07, 6.45) is 0.511. The molecule has 4 aromatic carbocycles. The van der Waals surface area contributed by atoms with Gasteiger partial charge in [-0.05, 0) is 41.3 Å². The molecule has 40 heavy (non-hydrogen) atoms. The first-order valence-corrected chi connectivity index (χ1v) is 12.6. The van der Waals surface area contributed by atoms with Gasteiger partial charge in [0.05, 0.1) is 31.5 Å². The number of ether oxygens (including phenoxy) is 3. The monoisotopic (exact) mass is 526 g/mol. The van der Waals surface area contributed by atoms with Gasteiger partial charge < -0.3 is 14.2 Å². The Hall–Kier alpha value is -5.51. The molecule has 0 spiro atoms. The van der Waals surface area contributed by atoms with Crippen LogP contribution in [0.15, 0.2) is 84.9 Å². The third-order valence-corrected chi connectivity index (χ3v) is 6.26. The molecule has 0 aliphatic rings. The van der Waals surface area contributed by atoms with E-state index in [-0.39, 0.29) is 6.61 Å².